The molecule has 1 heterocycles. The number of hydrogen-bond acceptors (Lipinski definition) is 4. The summed E-state index contributed by atoms with van der Waals surface area (Å²) in [6.07, 6.45) is 1.61. The molecule has 1 fully saturated rings. The SMILES string of the molecule is CN1CCOC(=COc2cc(Br)cc(Br)c2N)C1. The maximum atomic E-state index is 5.92. The lowest BCUT2D eigenvalue weighted by Crippen LogP contribution is -2.31. The van der Waals surface area contributed by atoms with E-state index in [1.807, 2.05) is 19.2 Å². The van der Waals surface area contributed by atoms with Crippen molar-refractivity contribution in [3.8, 4) is 5.75 Å². The minimum atomic E-state index is 0.569. The molecule has 2 N–H and O–H groups in total. The zero-order chi connectivity index (χ0) is 13.1. The third kappa shape index (κ3) is 3.40. The third-order valence-electron chi connectivity index (χ3n) is 2.56. The number of halogens is 2. The van der Waals surface area contributed by atoms with Crippen LogP contribution in [-0.4, -0.2) is 31.6 Å². The fraction of sp³-hybridized carbons (Fsp3) is 0.333. The highest BCUT2D eigenvalue weighted by Gasteiger charge is 2.12. The number of nitrogen functional groups attached to an aromatic ring is 1. The Kier molecular flexibility index (Phi) is 4.53. The zero-order valence-electron chi connectivity index (χ0n) is 9.95. The first kappa shape index (κ1) is 13.7. The highest BCUT2D eigenvalue weighted by molar-refractivity contribution is 9.11. The second kappa shape index (κ2) is 5.95. The van der Waals surface area contributed by atoms with E-state index in [-0.39, 0.29) is 0 Å². The van der Waals surface area contributed by atoms with Crippen LogP contribution in [0.25, 0.3) is 0 Å². The number of ether oxygens (including phenoxy) is 2. The predicted molar refractivity (Wildman–Crippen MR) is 78.4 cm³/mol. The van der Waals surface area contributed by atoms with Gasteiger partial charge in [0.05, 0.1) is 12.2 Å². The molecule has 1 aromatic rings. The molecule has 98 valence electrons. The third-order valence-corrected chi connectivity index (χ3v) is 3.67. The van der Waals surface area contributed by atoms with Gasteiger partial charge in [0, 0.05) is 15.5 Å². The van der Waals surface area contributed by atoms with Crippen molar-refractivity contribution in [3.63, 3.8) is 0 Å². The molecule has 0 aliphatic carbocycles. The minimum Gasteiger partial charge on any atom is -0.492 e. The summed E-state index contributed by atoms with van der Waals surface area (Å²) in [7, 11) is 2.04. The molecule has 4 nitrogen and oxygen atoms in total. The first-order valence-electron chi connectivity index (χ1n) is 5.48. The Morgan fingerprint density at radius 3 is 2.94 bits per heavy atom. The number of hydrogen-bond donors (Lipinski definition) is 1. The monoisotopic (exact) mass is 376 g/mol. The first-order chi connectivity index (χ1) is 8.56. The van der Waals surface area contributed by atoms with E-state index in [1.54, 1.807) is 6.26 Å². The van der Waals surface area contributed by atoms with Crippen LogP contribution >= 0.6 is 31.9 Å². The van der Waals surface area contributed by atoms with Crippen molar-refractivity contribution >= 4 is 37.5 Å². The molecule has 0 bridgehead atoms. The summed E-state index contributed by atoms with van der Waals surface area (Å²) in [5, 5.41) is 0. The maximum Gasteiger partial charge on any atom is 0.151 e. The summed E-state index contributed by atoms with van der Waals surface area (Å²) in [6, 6.07) is 3.70. The Balaban J connectivity index is 2.12. The van der Waals surface area contributed by atoms with Crippen LogP contribution in [0.4, 0.5) is 5.69 Å². The highest BCUT2D eigenvalue weighted by Crippen LogP contribution is 2.34. The fourth-order valence-corrected chi connectivity index (χ4v) is 2.77. The van der Waals surface area contributed by atoms with Gasteiger partial charge in [-0.2, -0.15) is 0 Å². The number of benzene rings is 1. The van der Waals surface area contributed by atoms with Crippen molar-refractivity contribution in [2.45, 2.75) is 0 Å². The van der Waals surface area contributed by atoms with Gasteiger partial charge < -0.3 is 15.2 Å². The van der Waals surface area contributed by atoms with Crippen molar-refractivity contribution in [1.29, 1.82) is 0 Å². The first-order valence-corrected chi connectivity index (χ1v) is 7.06. The Labute approximate surface area is 123 Å². The predicted octanol–water partition coefficient (Wildman–Crippen LogP) is 2.98. The molecule has 0 atom stereocenters. The van der Waals surface area contributed by atoms with Crippen molar-refractivity contribution in [3.05, 3.63) is 33.1 Å². The van der Waals surface area contributed by atoms with E-state index in [1.165, 1.54) is 0 Å². The molecule has 1 saturated heterocycles. The van der Waals surface area contributed by atoms with Gasteiger partial charge in [0.1, 0.15) is 18.6 Å². The molecule has 0 amide bonds. The van der Waals surface area contributed by atoms with E-state index >= 15 is 0 Å². The van der Waals surface area contributed by atoms with Gasteiger partial charge in [-0.25, -0.2) is 0 Å². The van der Waals surface area contributed by atoms with Gasteiger partial charge in [-0.05, 0) is 35.1 Å². The molecule has 18 heavy (non-hydrogen) atoms. The number of nitrogens with zero attached hydrogens (tertiary/aromatic N) is 1. The molecule has 0 saturated carbocycles. The number of nitrogens with two attached hydrogens (primary N) is 1. The molecule has 1 aromatic carbocycles. The average Bonchev–Trinajstić information content (AvgIpc) is 2.32. The fourth-order valence-electron chi connectivity index (χ4n) is 1.58. The van der Waals surface area contributed by atoms with Crippen LogP contribution in [-0.2, 0) is 4.74 Å². The van der Waals surface area contributed by atoms with Crippen LogP contribution in [0, 0.1) is 0 Å². The number of rotatable bonds is 2. The molecule has 0 aromatic heterocycles. The van der Waals surface area contributed by atoms with E-state index in [2.05, 4.69) is 36.8 Å². The van der Waals surface area contributed by atoms with Crippen LogP contribution in [0.5, 0.6) is 5.75 Å². The smallest absolute Gasteiger partial charge is 0.151 e. The lowest BCUT2D eigenvalue weighted by Gasteiger charge is -2.24. The van der Waals surface area contributed by atoms with Crippen LogP contribution in [0.1, 0.15) is 0 Å². The van der Waals surface area contributed by atoms with Crippen molar-refractivity contribution in [2.24, 2.45) is 0 Å². The maximum absolute atomic E-state index is 5.92. The lowest BCUT2D eigenvalue weighted by molar-refractivity contribution is 0.104. The van der Waals surface area contributed by atoms with Crippen molar-refractivity contribution in [1.82, 2.24) is 4.90 Å². The van der Waals surface area contributed by atoms with Crippen LogP contribution in [0.3, 0.4) is 0 Å². The van der Waals surface area contributed by atoms with Gasteiger partial charge in [0.2, 0.25) is 0 Å². The molecular formula is C12H14Br2N2O2. The lowest BCUT2D eigenvalue weighted by atomic mass is 10.3. The number of morpholine rings is 1. The van der Waals surface area contributed by atoms with Crippen LogP contribution in [0.15, 0.2) is 33.1 Å². The minimum absolute atomic E-state index is 0.569. The molecule has 2 rings (SSSR count). The summed E-state index contributed by atoms with van der Waals surface area (Å²) < 4.78 is 12.8. The van der Waals surface area contributed by atoms with Gasteiger partial charge in [-0.15, -0.1) is 0 Å². The summed E-state index contributed by atoms with van der Waals surface area (Å²) in [4.78, 5) is 2.17. The largest absolute Gasteiger partial charge is 0.492 e. The summed E-state index contributed by atoms with van der Waals surface area (Å²) in [5.41, 5.74) is 6.49. The average molecular weight is 378 g/mol. The molecule has 6 heteroatoms. The van der Waals surface area contributed by atoms with Gasteiger partial charge in [-0.1, -0.05) is 15.9 Å². The molecule has 1 aliphatic rings. The zero-order valence-corrected chi connectivity index (χ0v) is 13.1. The van der Waals surface area contributed by atoms with Gasteiger partial charge >= 0.3 is 0 Å². The Hall–Kier alpha value is -0.720. The Bertz CT molecular complexity index is 477. The second-order valence-electron chi connectivity index (χ2n) is 4.09. The summed E-state index contributed by atoms with van der Waals surface area (Å²) in [5.74, 6) is 1.40. The normalized spacial score (nSPS) is 18.7. The van der Waals surface area contributed by atoms with Crippen molar-refractivity contribution < 1.29 is 9.47 Å². The summed E-state index contributed by atoms with van der Waals surface area (Å²) in [6.45, 7) is 2.36. The van der Waals surface area contributed by atoms with Gasteiger partial charge in [0.15, 0.2) is 5.75 Å². The molecule has 0 unspecified atom stereocenters. The number of anilines is 1. The van der Waals surface area contributed by atoms with Crippen LogP contribution < -0.4 is 10.5 Å². The number of likely N-dealkylation sites (N-methyl/N-ethyl adjacent to an activating group) is 1. The second-order valence-corrected chi connectivity index (χ2v) is 5.86. The molecule has 0 radical (unpaired) electrons. The Morgan fingerprint density at radius 1 is 1.44 bits per heavy atom. The van der Waals surface area contributed by atoms with E-state index in [0.717, 1.165) is 27.8 Å². The quantitative estimate of drug-likeness (QED) is 0.635. The standard InChI is InChI=1S/C12H14Br2N2O2/c1-16-2-3-17-9(6-16)7-18-11-5-8(13)4-10(14)12(11)15/h4-5,7H,2-3,6,15H2,1H3. The highest BCUT2D eigenvalue weighted by atomic mass is 79.9. The van der Waals surface area contributed by atoms with Crippen LogP contribution in [0.2, 0.25) is 0 Å². The topological polar surface area (TPSA) is 47.7 Å². The van der Waals surface area contributed by atoms with E-state index < -0.39 is 0 Å². The summed E-state index contributed by atoms with van der Waals surface area (Å²) >= 11 is 6.77. The van der Waals surface area contributed by atoms with E-state index in [9.17, 15) is 0 Å². The molecule has 1 aliphatic heterocycles. The van der Waals surface area contributed by atoms with Crippen molar-refractivity contribution in [2.75, 3.05) is 32.5 Å². The Morgan fingerprint density at radius 2 is 2.22 bits per heavy atom. The van der Waals surface area contributed by atoms with E-state index in [4.69, 9.17) is 15.2 Å². The van der Waals surface area contributed by atoms with Gasteiger partial charge in [0.25, 0.3) is 0 Å². The molecule has 0 spiro atoms. The van der Waals surface area contributed by atoms with E-state index in [0.29, 0.717) is 18.0 Å². The van der Waals surface area contributed by atoms with Gasteiger partial charge in [-0.3, -0.25) is 4.90 Å². The molecular weight excluding hydrogens is 364 g/mol.